The molecule has 0 N–H and O–H groups in total. The molecule has 0 saturated carbocycles. The fourth-order valence-electron chi connectivity index (χ4n) is 3.79. The third-order valence-electron chi connectivity index (χ3n) is 5.69. The molecule has 0 aliphatic carbocycles. The zero-order valence-corrected chi connectivity index (χ0v) is 18.8. The van der Waals surface area contributed by atoms with Crippen molar-refractivity contribution in [1.82, 2.24) is 24.6 Å². The standard InChI is InChI=1S/C24H29N5OS/c1-20-25-26-24(29(20)18-22-10-6-3-7-11-22)31-19-23(30)28-16-14-27(15-17-28)13-12-21-8-4-2-5-9-21/h2-11H,12-19H2,1H3. The van der Waals surface area contributed by atoms with Crippen LogP contribution >= 0.6 is 11.8 Å². The van der Waals surface area contributed by atoms with Crippen molar-refractivity contribution in [3.63, 3.8) is 0 Å². The van der Waals surface area contributed by atoms with Crippen molar-refractivity contribution in [3.8, 4) is 0 Å². The molecular formula is C24H29N5OS. The molecule has 7 heteroatoms. The summed E-state index contributed by atoms with van der Waals surface area (Å²) >= 11 is 1.48. The molecule has 1 amide bonds. The minimum Gasteiger partial charge on any atom is -0.339 e. The topological polar surface area (TPSA) is 54.3 Å². The monoisotopic (exact) mass is 435 g/mol. The maximum Gasteiger partial charge on any atom is 0.233 e. The Labute approximate surface area is 188 Å². The zero-order valence-electron chi connectivity index (χ0n) is 18.0. The molecule has 162 valence electrons. The van der Waals surface area contributed by atoms with Crippen molar-refractivity contribution in [2.24, 2.45) is 0 Å². The molecule has 4 rings (SSSR count). The van der Waals surface area contributed by atoms with Gasteiger partial charge in [-0.15, -0.1) is 10.2 Å². The maximum atomic E-state index is 12.8. The Balaban J connectivity index is 1.24. The van der Waals surface area contributed by atoms with Crippen molar-refractivity contribution >= 4 is 17.7 Å². The number of aryl methyl sites for hydroxylation is 1. The van der Waals surface area contributed by atoms with Crippen LogP contribution in [0.3, 0.4) is 0 Å². The fraction of sp³-hybridized carbons (Fsp3) is 0.375. The number of hydrogen-bond donors (Lipinski definition) is 0. The summed E-state index contributed by atoms with van der Waals surface area (Å²) < 4.78 is 2.08. The van der Waals surface area contributed by atoms with E-state index in [1.807, 2.05) is 30.0 Å². The average molecular weight is 436 g/mol. The van der Waals surface area contributed by atoms with Gasteiger partial charge >= 0.3 is 0 Å². The quantitative estimate of drug-likeness (QED) is 0.509. The van der Waals surface area contributed by atoms with E-state index < -0.39 is 0 Å². The highest BCUT2D eigenvalue weighted by molar-refractivity contribution is 7.99. The van der Waals surface area contributed by atoms with E-state index in [1.165, 1.54) is 22.9 Å². The molecule has 0 radical (unpaired) electrons. The van der Waals surface area contributed by atoms with E-state index in [9.17, 15) is 4.79 Å². The molecule has 6 nitrogen and oxygen atoms in total. The highest BCUT2D eigenvalue weighted by Crippen LogP contribution is 2.19. The van der Waals surface area contributed by atoms with Crippen molar-refractivity contribution in [3.05, 3.63) is 77.6 Å². The summed E-state index contributed by atoms with van der Waals surface area (Å²) in [6, 6.07) is 20.8. The minimum absolute atomic E-state index is 0.180. The van der Waals surface area contributed by atoms with Gasteiger partial charge in [0.2, 0.25) is 5.91 Å². The van der Waals surface area contributed by atoms with Gasteiger partial charge in [0, 0.05) is 32.7 Å². The summed E-state index contributed by atoms with van der Waals surface area (Å²) in [5, 5.41) is 9.31. The van der Waals surface area contributed by atoms with Crippen LogP contribution in [0.2, 0.25) is 0 Å². The SMILES string of the molecule is Cc1nnc(SCC(=O)N2CCN(CCc3ccccc3)CC2)n1Cc1ccccc1. The number of amides is 1. The predicted octanol–water partition coefficient (Wildman–Crippen LogP) is 3.11. The second-order valence-electron chi connectivity index (χ2n) is 7.85. The van der Waals surface area contributed by atoms with Crippen molar-refractivity contribution < 1.29 is 4.79 Å². The lowest BCUT2D eigenvalue weighted by atomic mass is 10.1. The Morgan fingerprint density at radius 3 is 2.23 bits per heavy atom. The van der Waals surface area contributed by atoms with E-state index in [4.69, 9.17) is 0 Å². The number of rotatable bonds is 8. The first-order valence-corrected chi connectivity index (χ1v) is 11.8. The van der Waals surface area contributed by atoms with Crippen molar-refractivity contribution in [1.29, 1.82) is 0 Å². The van der Waals surface area contributed by atoms with E-state index in [2.05, 4.69) is 62.1 Å². The third kappa shape index (κ3) is 5.95. The molecule has 0 bridgehead atoms. The molecule has 1 fully saturated rings. The van der Waals surface area contributed by atoms with Gasteiger partial charge in [0.05, 0.1) is 12.3 Å². The largest absolute Gasteiger partial charge is 0.339 e. The van der Waals surface area contributed by atoms with Crippen molar-refractivity contribution in [2.75, 3.05) is 38.5 Å². The van der Waals surface area contributed by atoms with Crippen LogP contribution in [0.5, 0.6) is 0 Å². The van der Waals surface area contributed by atoms with E-state index in [0.717, 1.165) is 56.7 Å². The average Bonchev–Trinajstić information content (AvgIpc) is 3.17. The van der Waals surface area contributed by atoms with E-state index in [-0.39, 0.29) is 5.91 Å². The molecular weight excluding hydrogens is 406 g/mol. The van der Waals surface area contributed by atoms with Gasteiger partial charge in [-0.25, -0.2) is 0 Å². The second kappa shape index (κ2) is 10.6. The summed E-state index contributed by atoms with van der Waals surface area (Å²) in [6.45, 7) is 7.18. The van der Waals surface area contributed by atoms with Gasteiger partial charge in [-0.2, -0.15) is 0 Å². The molecule has 3 aromatic rings. The van der Waals surface area contributed by atoms with Crippen LogP contribution in [-0.2, 0) is 17.8 Å². The molecule has 0 unspecified atom stereocenters. The molecule has 1 aromatic heterocycles. The summed E-state index contributed by atoms with van der Waals surface area (Å²) in [6.07, 6.45) is 1.06. The molecule has 31 heavy (non-hydrogen) atoms. The molecule has 2 aromatic carbocycles. The lowest BCUT2D eigenvalue weighted by molar-refractivity contribution is -0.130. The van der Waals surface area contributed by atoms with Crippen LogP contribution in [0, 0.1) is 6.92 Å². The molecule has 0 atom stereocenters. The first-order valence-electron chi connectivity index (χ1n) is 10.8. The van der Waals surface area contributed by atoms with Crippen molar-refractivity contribution in [2.45, 2.75) is 25.0 Å². The van der Waals surface area contributed by atoms with E-state index in [0.29, 0.717) is 5.75 Å². The van der Waals surface area contributed by atoms with Crippen LogP contribution in [0.15, 0.2) is 65.8 Å². The Hall–Kier alpha value is -2.64. The van der Waals surface area contributed by atoms with Gasteiger partial charge in [-0.05, 0) is 24.5 Å². The van der Waals surface area contributed by atoms with Gasteiger partial charge in [0.25, 0.3) is 0 Å². The third-order valence-corrected chi connectivity index (χ3v) is 6.65. The molecule has 0 spiro atoms. The van der Waals surface area contributed by atoms with Gasteiger partial charge < -0.3 is 9.47 Å². The Morgan fingerprint density at radius 1 is 0.903 bits per heavy atom. The van der Waals surface area contributed by atoms with Crippen LogP contribution in [0.4, 0.5) is 0 Å². The number of nitrogens with zero attached hydrogens (tertiary/aromatic N) is 5. The first-order chi connectivity index (χ1) is 15.2. The number of carbonyl (C=O) groups is 1. The maximum absolute atomic E-state index is 12.8. The number of hydrogen-bond acceptors (Lipinski definition) is 5. The Kier molecular flexibility index (Phi) is 7.38. The molecule has 1 aliphatic heterocycles. The highest BCUT2D eigenvalue weighted by Gasteiger charge is 2.22. The van der Waals surface area contributed by atoms with E-state index >= 15 is 0 Å². The van der Waals surface area contributed by atoms with Gasteiger partial charge in [-0.3, -0.25) is 9.69 Å². The highest BCUT2D eigenvalue weighted by atomic mass is 32.2. The molecule has 1 saturated heterocycles. The van der Waals surface area contributed by atoms with Crippen LogP contribution in [0.1, 0.15) is 17.0 Å². The Morgan fingerprint density at radius 2 is 1.55 bits per heavy atom. The fourth-order valence-corrected chi connectivity index (χ4v) is 4.67. The van der Waals surface area contributed by atoms with Gasteiger partial charge in [0.15, 0.2) is 5.16 Å². The lowest BCUT2D eigenvalue weighted by Gasteiger charge is -2.34. The zero-order chi connectivity index (χ0) is 21.5. The minimum atomic E-state index is 0.180. The summed E-state index contributed by atoms with van der Waals surface area (Å²) in [4.78, 5) is 17.2. The summed E-state index contributed by atoms with van der Waals surface area (Å²) in [7, 11) is 0. The molecule has 2 heterocycles. The van der Waals surface area contributed by atoms with Crippen LogP contribution in [-0.4, -0.2) is 68.9 Å². The van der Waals surface area contributed by atoms with Crippen LogP contribution in [0.25, 0.3) is 0 Å². The second-order valence-corrected chi connectivity index (χ2v) is 8.79. The van der Waals surface area contributed by atoms with Crippen LogP contribution < -0.4 is 0 Å². The number of thioether (sulfide) groups is 1. The Bertz CT molecular complexity index is 968. The molecule has 1 aliphatic rings. The normalized spacial score (nSPS) is 14.7. The first kappa shape index (κ1) is 21.6. The number of piperazine rings is 1. The van der Waals surface area contributed by atoms with Gasteiger partial charge in [0.1, 0.15) is 5.82 Å². The number of aromatic nitrogens is 3. The smallest absolute Gasteiger partial charge is 0.233 e. The van der Waals surface area contributed by atoms with E-state index in [1.54, 1.807) is 0 Å². The predicted molar refractivity (Wildman–Crippen MR) is 124 cm³/mol. The summed E-state index contributed by atoms with van der Waals surface area (Å²) in [5.41, 5.74) is 2.57. The summed E-state index contributed by atoms with van der Waals surface area (Å²) in [5.74, 6) is 1.45. The number of carbonyl (C=O) groups excluding carboxylic acids is 1. The lowest BCUT2D eigenvalue weighted by Crippen LogP contribution is -2.49. The van der Waals surface area contributed by atoms with Gasteiger partial charge in [-0.1, -0.05) is 72.4 Å². The number of benzene rings is 2.